The van der Waals surface area contributed by atoms with E-state index in [2.05, 4.69) is 10.1 Å². The molecule has 7 heteroatoms. The first-order chi connectivity index (χ1) is 8.86. The number of para-hydroxylation sites is 1. The molecular weight excluding hydrogens is 264 g/mol. The Kier molecular flexibility index (Phi) is 5.74. The number of anilines is 1. The first kappa shape index (κ1) is 15.9. The van der Waals surface area contributed by atoms with Crippen molar-refractivity contribution < 1.29 is 8.42 Å². The summed E-state index contributed by atoms with van der Waals surface area (Å²) in [4.78, 5) is 2.18. The van der Waals surface area contributed by atoms with Crippen molar-refractivity contribution in [2.45, 2.75) is 24.3 Å². The second-order valence-corrected chi connectivity index (χ2v) is 6.44. The number of nitrogens with zero attached hydrogens (tertiary/aromatic N) is 1. The van der Waals surface area contributed by atoms with Gasteiger partial charge in [0.2, 0.25) is 10.0 Å². The molecule has 0 spiro atoms. The lowest BCUT2D eigenvalue weighted by molar-refractivity contribution is 0.379. The molecule has 0 aliphatic carbocycles. The quantitative estimate of drug-likeness (QED) is 0.504. The molecule has 0 aromatic heterocycles. The zero-order valence-corrected chi connectivity index (χ0v) is 12.4. The van der Waals surface area contributed by atoms with E-state index in [9.17, 15) is 8.42 Å². The third-order valence-corrected chi connectivity index (χ3v) is 4.35. The Hall–Kier alpha value is -1.15. The maximum absolute atomic E-state index is 12.2. The lowest BCUT2D eigenvalue weighted by atomic mass is 10.2. The molecule has 19 heavy (non-hydrogen) atoms. The van der Waals surface area contributed by atoms with Crippen LogP contribution in [0, 0.1) is 0 Å². The van der Waals surface area contributed by atoms with Gasteiger partial charge in [0, 0.05) is 6.04 Å². The zero-order valence-electron chi connectivity index (χ0n) is 11.6. The van der Waals surface area contributed by atoms with Crippen molar-refractivity contribution in [1.29, 1.82) is 0 Å². The van der Waals surface area contributed by atoms with Crippen LogP contribution in [0.1, 0.15) is 13.3 Å². The van der Waals surface area contributed by atoms with Crippen LogP contribution in [0.15, 0.2) is 29.2 Å². The Morgan fingerprint density at radius 3 is 2.53 bits per heavy atom. The molecule has 1 unspecified atom stereocenters. The van der Waals surface area contributed by atoms with Crippen molar-refractivity contribution in [2.24, 2.45) is 5.84 Å². The smallest absolute Gasteiger partial charge is 0.242 e. The number of nitrogens with one attached hydrogen (secondary N) is 2. The van der Waals surface area contributed by atoms with Gasteiger partial charge in [-0.15, -0.1) is 0 Å². The predicted octanol–water partition coefficient (Wildman–Crippen LogP) is 0.591. The molecule has 0 bridgehead atoms. The number of sulfonamides is 1. The molecule has 0 saturated carbocycles. The molecule has 6 nitrogen and oxygen atoms in total. The minimum absolute atomic E-state index is 0.141. The molecule has 0 aliphatic heterocycles. The lowest BCUT2D eigenvalue weighted by Gasteiger charge is -2.18. The van der Waals surface area contributed by atoms with Gasteiger partial charge in [-0.1, -0.05) is 12.1 Å². The summed E-state index contributed by atoms with van der Waals surface area (Å²) in [6.07, 6.45) is 0.741. The van der Waals surface area contributed by atoms with Gasteiger partial charge >= 0.3 is 0 Å². The first-order valence-electron chi connectivity index (χ1n) is 6.09. The van der Waals surface area contributed by atoms with E-state index in [1.165, 1.54) is 6.07 Å². The molecule has 1 aromatic carbocycles. The van der Waals surface area contributed by atoms with Crippen LogP contribution in [0.3, 0.4) is 0 Å². The number of hydrazine groups is 1. The van der Waals surface area contributed by atoms with Gasteiger partial charge in [-0.2, -0.15) is 0 Å². The van der Waals surface area contributed by atoms with Crippen LogP contribution in [-0.2, 0) is 10.0 Å². The summed E-state index contributed by atoms with van der Waals surface area (Å²) >= 11 is 0. The van der Waals surface area contributed by atoms with Crippen molar-refractivity contribution in [3.63, 3.8) is 0 Å². The molecule has 1 rings (SSSR count). The van der Waals surface area contributed by atoms with E-state index in [1.54, 1.807) is 18.2 Å². The van der Waals surface area contributed by atoms with Gasteiger partial charge < -0.3 is 10.3 Å². The van der Waals surface area contributed by atoms with Gasteiger partial charge in [0.1, 0.15) is 4.90 Å². The molecule has 0 fully saturated rings. The summed E-state index contributed by atoms with van der Waals surface area (Å²) in [6.45, 7) is 2.67. The molecule has 108 valence electrons. The molecule has 0 amide bonds. The first-order valence-corrected chi connectivity index (χ1v) is 7.58. The maximum atomic E-state index is 12.2. The predicted molar refractivity (Wildman–Crippen MR) is 77.2 cm³/mol. The fraction of sp³-hybridized carbons (Fsp3) is 0.500. The number of nitrogens with two attached hydrogens (primary N) is 1. The van der Waals surface area contributed by atoms with Crippen molar-refractivity contribution in [2.75, 3.05) is 26.1 Å². The van der Waals surface area contributed by atoms with E-state index in [4.69, 9.17) is 5.84 Å². The van der Waals surface area contributed by atoms with Crippen LogP contribution in [-0.4, -0.2) is 40.0 Å². The highest BCUT2D eigenvalue weighted by molar-refractivity contribution is 7.89. The van der Waals surface area contributed by atoms with Gasteiger partial charge in [-0.3, -0.25) is 5.84 Å². The highest BCUT2D eigenvalue weighted by atomic mass is 32.2. The number of hydrogen-bond donors (Lipinski definition) is 3. The lowest BCUT2D eigenvalue weighted by Crippen LogP contribution is -2.35. The van der Waals surface area contributed by atoms with Gasteiger partial charge in [0.15, 0.2) is 0 Å². The number of hydrogen-bond acceptors (Lipinski definition) is 5. The van der Waals surface area contributed by atoms with Crippen molar-refractivity contribution in [3.05, 3.63) is 24.3 Å². The molecule has 0 aliphatic rings. The maximum Gasteiger partial charge on any atom is 0.242 e. The third kappa shape index (κ3) is 4.79. The van der Waals surface area contributed by atoms with Crippen LogP contribution < -0.4 is 16.0 Å². The van der Waals surface area contributed by atoms with Gasteiger partial charge in [-0.25, -0.2) is 13.1 Å². The topological polar surface area (TPSA) is 87.5 Å². The summed E-state index contributed by atoms with van der Waals surface area (Å²) < 4.78 is 27.1. The van der Waals surface area contributed by atoms with Crippen LogP contribution >= 0.6 is 0 Å². The monoisotopic (exact) mass is 286 g/mol. The average Bonchev–Trinajstić information content (AvgIpc) is 2.35. The van der Waals surface area contributed by atoms with E-state index >= 15 is 0 Å². The average molecular weight is 286 g/mol. The highest BCUT2D eigenvalue weighted by Gasteiger charge is 2.20. The van der Waals surface area contributed by atoms with Crippen LogP contribution in [0.25, 0.3) is 0 Å². The van der Waals surface area contributed by atoms with Crippen LogP contribution in [0.4, 0.5) is 5.69 Å². The van der Waals surface area contributed by atoms with E-state index < -0.39 is 10.0 Å². The Labute approximate surface area is 115 Å². The largest absolute Gasteiger partial charge is 0.323 e. The Bertz CT molecular complexity index is 502. The molecular formula is C12H22N4O2S. The van der Waals surface area contributed by atoms with Gasteiger partial charge in [0.05, 0.1) is 5.69 Å². The Morgan fingerprint density at radius 1 is 1.32 bits per heavy atom. The van der Waals surface area contributed by atoms with E-state index in [1.807, 2.05) is 25.9 Å². The summed E-state index contributed by atoms with van der Waals surface area (Å²) in [5.74, 6) is 5.33. The van der Waals surface area contributed by atoms with Gasteiger partial charge in [-0.05, 0) is 46.1 Å². The summed E-state index contributed by atoms with van der Waals surface area (Å²) in [6, 6.07) is 6.40. The minimum atomic E-state index is -3.56. The van der Waals surface area contributed by atoms with Crippen molar-refractivity contribution in [3.8, 4) is 0 Å². The molecule has 0 heterocycles. The number of nitrogen functional groups attached to an aromatic ring is 1. The second-order valence-electron chi connectivity index (χ2n) is 4.75. The zero-order chi connectivity index (χ0) is 14.5. The SMILES string of the molecule is CC(CCN(C)C)NS(=O)(=O)c1ccccc1NN. The summed E-state index contributed by atoms with van der Waals surface area (Å²) in [5, 5.41) is 0. The fourth-order valence-electron chi connectivity index (χ4n) is 1.66. The van der Waals surface area contributed by atoms with E-state index in [0.717, 1.165) is 13.0 Å². The van der Waals surface area contributed by atoms with Crippen molar-refractivity contribution in [1.82, 2.24) is 9.62 Å². The van der Waals surface area contributed by atoms with Crippen LogP contribution in [0.5, 0.6) is 0 Å². The normalized spacial score (nSPS) is 13.5. The number of rotatable bonds is 7. The summed E-state index contributed by atoms with van der Waals surface area (Å²) in [5.41, 5.74) is 2.78. The molecule has 0 radical (unpaired) electrons. The molecule has 1 atom stereocenters. The number of benzene rings is 1. The molecule has 1 aromatic rings. The molecule has 4 N–H and O–H groups in total. The minimum Gasteiger partial charge on any atom is -0.323 e. The van der Waals surface area contributed by atoms with E-state index in [0.29, 0.717) is 5.69 Å². The third-order valence-electron chi connectivity index (χ3n) is 2.70. The highest BCUT2D eigenvalue weighted by Crippen LogP contribution is 2.19. The fourth-order valence-corrected chi connectivity index (χ4v) is 3.11. The van der Waals surface area contributed by atoms with Gasteiger partial charge in [0.25, 0.3) is 0 Å². The summed E-state index contributed by atoms with van der Waals surface area (Å²) in [7, 11) is 0.345. The van der Waals surface area contributed by atoms with E-state index in [-0.39, 0.29) is 10.9 Å². The van der Waals surface area contributed by atoms with Crippen molar-refractivity contribution >= 4 is 15.7 Å². The van der Waals surface area contributed by atoms with Crippen LogP contribution in [0.2, 0.25) is 0 Å². The standard InChI is InChI=1S/C12H22N4O2S/c1-10(8-9-16(2)3)15-19(17,18)12-7-5-4-6-11(12)14-13/h4-7,10,14-15H,8-9,13H2,1-3H3. The second kappa shape index (κ2) is 6.85. The Morgan fingerprint density at radius 2 is 1.95 bits per heavy atom. The molecule has 0 saturated heterocycles. The Balaban J connectivity index is 2.81.